The molecule has 1 aromatic carbocycles. The molecule has 0 aliphatic carbocycles. The van der Waals surface area contributed by atoms with Gasteiger partial charge in [-0.15, -0.1) is 5.10 Å². The third-order valence-electron chi connectivity index (χ3n) is 4.72. The zero-order valence-corrected chi connectivity index (χ0v) is 14.8. The van der Waals surface area contributed by atoms with Crippen LogP contribution in [0.3, 0.4) is 0 Å². The van der Waals surface area contributed by atoms with Gasteiger partial charge in [0.15, 0.2) is 0 Å². The van der Waals surface area contributed by atoms with Gasteiger partial charge < -0.3 is 10.2 Å². The first-order valence-electron chi connectivity index (χ1n) is 9.08. The molecule has 0 saturated carbocycles. The molecule has 8 nitrogen and oxygen atoms in total. The molecule has 0 atom stereocenters. The fourth-order valence-corrected chi connectivity index (χ4v) is 3.22. The van der Waals surface area contributed by atoms with Crippen LogP contribution in [-0.4, -0.2) is 50.2 Å². The molecule has 2 amide bonds. The molecule has 3 aromatic rings. The van der Waals surface area contributed by atoms with E-state index in [1.807, 2.05) is 4.90 Å². The minimum Gasteiger partial charge on any atom is -0.339 e. The second-order valence-electron chi connectivity index (χ2n) is 6.63. The summed E-state index contributed by atoms with van der Waals surface area (Å²) in [7, 11) is 0. The Morgan fingerprint density at radius 1 is 0.963 bits per heavy atom. The largest absolute Gasteiger partial charge is 0.339 e. The molecule has 1 aliphatic rings. The van der Waals surface area contributed by atoms with Crippen LogP contribution < -0.4 is 5.32 Å². The minimum atomic E-state index is -0.293. The van der Waals surface area contributed by atoms with E-state index in [1.165, 1.54) is 19.0 Å². The Balaban J connectivity index is 1.43. The minimum absolute atomic E-state index is 0.0514. The summed E-state index contributed by atoms with van der Waals surface area (Å²) in [6, 6.07) is 8.61. The van der Waals surface area contributed by atoms with E-state index < -0.39 is 0 Å². The van der Waals surface area contributed by atoms with E-state index in [9.17, 15) is 9.59 Å². The highest BCUT2D eigenvalue weighted by atomic mass is 16.2. The van der Waals surface area contributed by atoms with Gasteiger partial charge in [-0.2, -0.15) is 10.3 Å². The maximum Gasteiger partial charge on any atom is 0.257 e. The average Bonchev–Trinajstić information content (AvgIpc) is 3.00. The normalized spacial score (nSPS) is 14.7. The van der Waals surface area contributed by atoms with Crippen LogP contribution in [0.1, 0.15) is 46.4 Å². The first-order valence-corrected chi connectivity index (χ1v) is 9.08. The summed E-state index contributed by atoms with van der Waals surface area (Å²) in [5, 5.41) is 13.1. The molecule has 0 unspecified atom stereocenters. The lowest BCUT2D eigenvalue weighted by Gasteiger charge is -2.20. The Kier molecular flexibility index (Phi) is 4.78. The van der Waals surface area contributed by atoms with Gasteiger partial charge in [-0.05, 0) is 43.2 Å². The summed E-state index contributed by atoms with van der Waals surface area (Å²) in [6.45, 7) is 1.63. The highest BCUT2D eigenvalue weighted by molar-refractivity contribution is 6.05. The fraction of sp³-hybridized carbons (Fsp3) is 0.316. The van der Waals surface area contributed by atoms with Crippen LogP contribution in [-0.2, 0) is 0 Å². The smallest absolute Gasteiger partial charge is 0.257 e. The second-order valence-corrected chi connectivity index (χ2v) is 6.63. The molecule has 138 valence electrons. The number of fused-ring (bicyclic) bond motifs is 1. The number of hydrogen-bond donors (Lipinski definition) is 2. The fourth-order valence-electron chi connectivity index (χ4n) is 3.22. The van der Waals surface area contributed by atoms with Crippen molar-refractivity contribution in [1.29, 1.82) is 0 Å². The molecule has 27 heavy (non-hydrogen) atoms. The Labute approximate surface area is 156 Å². The van der Waals surface area contributed by atoms with Gasteiger partial charge in [-0.1, -0.05) is 12.8 Å². The van der Waals surface area contributed by atoms with Gasteiger partial charge in [-0.3, -0.25) is 9.59 Å². The number of benzene rings is 1. The van der Waals surface area contributed by atoms with Crippen LogP contribution in [0.5, 0.6) is 0 Å². The van der Waals surface area contributed by atoms with E-state index in [0.717, 1.165) is 25.9 Å². The van der Waals surface area contributed by atoms with E-state index in [-0.39, 0.29) is 11.8 Å². The molecule has 0 spiro atoms. The van der Waals surface area contributed by atoms with Crippen molar-refractivity contribution < 1.29 is 9.59 Å². The Hall–Kier alpha value is -3.29. The standard InChI is InChI=1S/C19H20N6O2/c26-18(14-11-16-17(20-12-14)23-24-22-16)21-15-7-5-13(6-8-15)19(27)25-9-3-1-2-4-10-25/h5-8,11-12H,1-4,9-10H2,(H,21,26)(H,20,22,23,24). The molecule has 2 aromatic heterocycles. The van der Waals surface area contributed by atoms with Crippen molar-refractivity contribution in [2.45, 2.75) is 25.7 Å². The van der Waals surface area contributed by atoms with Gasteiger partial charge >= 0.3 is 0 Å². The summed E-state index contributed by atoms with van der Waals surface area (Å²) in [4.78, 5) is 31.0. The predicted molar refractivity (Wildman–Crippen MR) is 100 cm³/mol. The molecule has 0 bridgehead atoms. The SMILES string of the molecule is O=C(Nc1ccc(C(=O)N2CCCCCC2)cc1)c1cnc2n[nH]nc2c1. The first-order chi connectivity index (χ1) is 13.2. The third-order valence-corrected chi connectivity index (χ3v) is 4.72. The summed E-state index contributed by atoms with van der Waals surface area (Å²) >= 11 is 0. The van der Waals surface area contributed by atoms with Crippen molar-refractivity contribution in [2.75, 3.05) is 18.4 Å². The summed E-state index contributed by atoms with van der Waals surface area (Å²) < 4.78 is 0. The number of likely N-dealkylation sites (tertiary alicyclic amines) is 1. The van der Waals surface area contributed by atoms with Crippen molar-refractivity contribution in [3.63, 3.8) is 0 Å². The quantitative estimate of drug-likeness (QED) is 0.743. The number of nitrogens with one attached hydrogen (secondary N) is 2. The Morgan fingerprint density at radius 2 is 1.70 bits per heavy atom. The lowest BCUT2D eigenvalue weighted by atomic mass is 10.1. The number of aromatic amines is 1. The molecular weight excluding hydrogens is 344 g/mol. The number of rotatable bonds is 3. The first kappa shape index (κ1) is 17.1. The van der Waals surface area contributed by atoms with E-state index in [0.29, 0.717) is 28.0 Å². The summed E-state index contributed by atoms with van der Waals surface area (Å²) in [5.41, 5.74) is 2.64. The van der Waals surface area contributed by atoms with Gasteiger partial charge in [0, 0.05) is 30.5 Å². The number of aromatic nitrogens is 4. The predicted octanol–water partition coefficient (Wildman–Crippen LogP) is 2.62. The number of carbonyl (C=O) groups is 2. The monoisotopic (exact) mass is 364 g/mol. The van der Waals surface area contributed by atoms with Crippen molar-refractivity contribution in [3.8, 4) is 0 Å². The number of H-pyrrole nitrogens is 1. The van der Waals surface area contributed by atoms with Crippen LogP contribution >= 0.6 is 0 Å². The summed E-state index contributed by atoms with van der Waals surface area (Å²) in [5.74, 6) is -0.241. The van der Waals surface area contributed by atoms with Crippen LogP contribution in [0, 0.1) is 0 Å². The number of amides is 2. The van der Waals surface area contributed by atoms with Crippen LogP contribution in [0.4, 0.5) is 5.69 Å². The van der Waals surface area contributed by atoms with Crippen molar-refractivity contribution >= 4 is 28.7 Å². The lowest BCUT2D eigenvalue weighted by molar-refractivity contribution is 0.0761. The number of anilines is 1. The molecular formula is C19H20N6O2. The molecule has 2 N–H and O–H groups in total. The molecule has 1 fully saturated rings. The van der Waals surface area contributed by atoms with E-state index >= 15 is 0 Å². The summed E-state index contributed by atoms with van der Waals surface area (Å²) in [6.07, 6.45) is 5.94. The zero-order chi connectivity index (χ0) is 18.6. The lowest BCUT2D eigenvalue weighted by Crippen LogP contribution is -2.31. The van der Waals surface area contributed by atoms with Gasteiger partial charge in [-0.25, -0.2) is 4.98 Å². The van der Waals surface area contributed by atoms with Crippen LogP contribution in [0.25, 0.3) is 11.2 Å². The number of hydrogen-bond acceptors (Lipinski definition) is 5. The Bertz CT molecular complexity index is 958. The van der Waals surface area contributed by atoms with E-state index in [1.54, 1.807) is 30.3 Å². The highest BCUT2D eigenvalue weighted by Crippen LogP contribution is 2.16. The van der Waals surface area contributed by atoms with E-state index in [2.05, 4.69) is 25.7 Å². The highest BCUT2D eigenvalue weighted by Gasteiger charge is 2.17. The third kappa shape index (κ3) is 3.79. The van der Waals surface area contributed by atoms with Gasteiger partial charge in [0.25, 0.3) is 11.8 Å². The maximum absolute atomic E-state index is 12.6. The van der Waals surface area contributed by atoms with E-state index in [4.69, 9.17) is 0 Å². The van der Waals surface area contributed by atoms with Crippen LogP contribution in [0.2, 0.25) is 0 Å². The van der Waals surface area contributed by atoms with Gasteiger partial charge in [0.05, 0.1) is 5.56 Å². The number of pyridine rings is 1. The van der Waals surface area contributed by atoms with Crippen molar-refractivity contribution in [3.05, 3.63) is 47.7 Å². The molecule has 4 rings (SSSR count). The van der Waals surface area contributed by atoms with Gasteiger partial charge in [0.2, 0.25) is 5.65 Å². The molecule has 8 heteroatoms. The average molecular weight is 364 g/mol. The second kappa shape index (κ2) is 7.53. The molecule has 1 saturated heterocycles. The Morgan fingerprint density at radius 3 is 2.44 bits per heavy atom. The van der Waals surface area contributed by atoms with Gasteiger partial charge in [0.1, 0.15) is 5.52 Å². The zero-order valence-electron chi connectivity index (χ0n) is 14.8. The number of carbonyl (C=O) groups excluding carboxylic acids is 2. The topological polar surface area (TPSA) is 104 Å². The van der Waals surface area contributed by atoms with Crippen molar-refractivity contribution in [2.24, 2.45) is 0 Å². The molecule has 3 heterocycles. The maximum atomic E-state index is 12.6. The van der Waals surface area contributed by atoms with Crippen molar-refractivity contribution in [1.82, 2.24) is 25.3 Å². The molecule has 1 aliphatic heterocycles. The number of nitrogens with zero attached hydrogens (tertiary/aromatic N) is 4. The van der Waals surface area contributed by atoms with Crippen LogP contribution in [0.15, 0.2) is 36.5 Å². The molecule has 0 radical (unpaired) electrons.